The number of nitrogens with zero attached hydrogens (tertiary/aromatic N) is 3. The quantitative estimate of drug-likeness (QED) is 0.924. The molecule has 1 N–H and O–H groups in total. The molecular formula is C17H20N4. The highest BCUT2D eigenvalue weighted by atomic mass is 15.2. The fourth-order valence-corrected chi connectivity index (χ4v) is 2.51. The number of nitrogens with one attached hydrogen (secondary N) is 1. The number of nitriles is 1. The van der Waals surface area contributed by atoms with E-state index in [1.54, 1.807) is 0 Å². The van der Waals surface area contributed by atoms with Crippen molar-refractivity contribution in [3.63, 3.8) is 0 Å². The van der Waals surface area contributed by atoms with Crippen molar-refractivity contribution in [2.45, 2.75) is 40.5 Å². The number of aromatic nitrogens is 2. The third-order valence-corrected chi connectivity index (χ3v) is 3.68. The first-order chi connectivity index (χ1) is 10.1. The molecule has 0 aliphatic heterocycles. The molecular weight excluding hydrogens is 260 g/mol. The van der Waals surface area contributed by atoms with Crippen molar-refractivity contribution in [1.82, 2.24) is 10.2 Å². The van der Waals surface area contributed by atoms with Gasteiger partial charge in [0.05, 0.1) is 5.69 Å². The molecule has 0 saturated carbocycles. The molecule has 0 amide bonds. The largest absolute Gasteiger partial charge is 0.337 e. The summed E-state index contributed by atoms with van der Waals surface area (Å²) in [5.74, 6) is 0.545. The summed E-state index contributed by atoms with van der Waals surface area (Å²) in [5, 5.41) is 21.3. The Hall–Kier alpha value is -2.41. The summed E-state index contributed by atoms with van der Waals surface area (Å²) in [4.78, 5) is 0. The molecule has 1 aromatic heterocycles. The molecule has 2 aromatic rings. The second-order valence-corrected chi connectivity index (χ2v) is 5.06. The van der Waals surface area contributed by atoms with E-state index in [0.29, 0.717) is 11.4 Å². The molecule has 0 unspecified atom stereocenters. The highest BCUT2D eigenvalue weighted by Crippen LogP contribution is 2.27. The van der Waals surface area contributed by atoms with E-state index in [0.717, 1.165) is 40.9 Å². The molecule has 0 bridgehead atoms. The zero-order valence-corrected chi connectivity index (χ0v) is 13.0. The smallest absolute Gasteiger partial charge is 0.171 e. The molecule has 2 rings (SSSR count). The highest BCUT2D eigenvalue weighted by Gasteiger charge is 2.15. The average Bonchev–Trinajstić information content (AvgIpc) is 2.50. The van der Waals surface area contributed by atoms with Gasteiger partial charge in [-0.3, -0.25) is 0 Å². The van der Waals surface area contributed by atoms with Crippen molar-refractivity contribution in [2.75, 3.05) is 5.32 Å². The van der Waals surface area contributed by atoms with Crippen molar-refractivity contribution in [2.24, 2.45) is 0 Å². The van der Waals surface area contributed by atoms with E-state index in [9.17, 15) is 5.26 Å². The molecule has 21 heavy (non-hydrogen) atoms. The van der Waals surface area contributed by atoms with Crippen LogP contribution in [0, 0.1) is 25.2 Å². The van der Waals surface area contributed by atoms with Gasteiger partial charge in [-0.2, -0.15) is 10.4 Å². The minimum atomic E-state index is 0.545. The van der Waals surface area contributed by atoms with Crippen LogP contribution in [-0.2, 0) is 12.8 Å². The van der Waals surface area contributed by atoms with Gasteiger partial charge in [-0.1, -0.05) is 32.0 Å². The fraction of sp³-hybridized carbons (Fsp3) is 0.353. The predicted molar refractivity (Wildman–Crippen MR) is 84.7 cm³/mol. The molecule has 1 heterocycles. The molecule has 0 spiro atoms. The number of para-hydroxylation sites is 1. The molecule has 0 saturated heterocycles. The molecule has 0 fully saturated rings. The Morgan fingerprint density at radius 1 is 1.10 bits per heavy atom. The monoisotopic (exact) mass is 280 g/mol. The number of aryl methyl sites for hydroxylation is 3. The van der Waals surface area contributed by atoms with Crippen molar-refractivity contribution in [3.05, 3.63) is 46.1 Å². The van der Waals surface area contributed by atoms with Crippen LogP contribution in [0.25, 0.3) is 0 Å². The minimum absolute atomic E-state index is 0.545. The first-order valence-corrected chi connectivity index (χ1v) is 7.24. The topological polar surface area (TPSA) is 61.6 Å². The normalized spacial score (nSPS) is 10.2. The van der Waals surface area contributed by atoms with Crippen LogP contribution in [0.2, 0.25) is 0 Å². The zero-order chi connectivity index (χ0) is 15.4. The summed E-state index contributed by atoms with van der Waals surface area (Å²) in [7, 11) is 0. The summed E-state index contributed by atoms with van der Waals surface area (Å²) in [6, 6.07) is 8.38. The number of hydrogen-bond acceptors (Lipinski definition) is 4. The maximum Gasteiger partial charge on any atom is 0.171 e. The summed E-state index contributed by atoms with van der Waals surface area (Å²) in [5.41, 5.74) is 5.74. The van der Waals surface area contributed by atoms with E-state index in [1.807, 2.05) is 45.9 Å². The lowest BCUT2D eigenvalue weighted by atomic mass is 10.0. The summed E-state index contributed by atoms with van der Waals surface area (Å²) >= 11 is 0. The highest BCUT2D eigenvalue weighted by molar-refractivity contribution is 5.69. The lowest BCUT2D eigenvalue weighted by Gasteiger charge is -2.15. The Balaban J connectivity index is 2.53. The van der Waals surface area contributed by atoms with E-state index < -0.39 is 0 Å². The van der Waals surface area contributed by atoms with Crippen LogP contribution in [-0.4, -0.2) is 10.2 Å². The van der Waals surface area contributed by atoms with Gasteiger partial charge in [0.15, 0.2) is 5.82 Å². The molecule has 4 heteroatoms. The average molecular weight is 280 g/mol. The van der Waals surface area contributed by atoms with Crippen LogP contribution in [0.4, 0.5) is 11.5 Å². The number of anilines is 2. The summed E-state index contributed by atoms with van der Waals surface area (Å²) < 4.78 is 0. The Morgan fingerprint density at radius 2 is 1.76 bits per heavy atom. The summed E-state index contributed by atoms with van der Waals surface area (Å²) in [6.07, 6.45) is 1.57. The maximum atomic E-state index is 9.51. The third-order valence-electron chi connectivity index (χ3n) is 3.68. The van der Waals surface area contributed by atoms with E-state index in [2.05, 4.69) is 21.6 Å². The van der Waals surface area contributed by atoms with Gasteiger partial charge in [0.2, 0.25) is 0 Å². The fourth-order valence-electron chi connectivity index (χ4n) is 2.51. The van der Waals surface area contributed by atoms with Crippen LogP contribution in [0.1, 0.15) is 41.8 Å². The molecule has 0 aliphatic carbocycles. The van der Waals surface area contributed by atoms with E-state index in [1.165, 1.54) is 0 Å². The predicted octanol–water partition coefficient (Wildman–Crippen LogP) is 3.83. The van der Waals surface area contributed by atoms with Gasteiger partial charge in [0.25, 0.3) is 0 Å². The Morgan fingerprint density at radius 3 is 2.29 bits per heavy atom. The van der Waals surface area contributed by atoms with Crippen molar-refractivity contribution in [3.8, 4) is 6.07 Å². The number of hydrogen-bond donors (Lipinski definition) is 1. The van der Waals surface area contributed by atoms with Crippen molar-refractivity contribution in [1.29, 1.82) is 5.26 Å². The van der Waals surface area contributed by atoms with Crippen molar-refractivity contribution < 1.29 is 0 Å². The second-order valence-electron chi connectivity index (χ2n) is 5.06. The Labute approximate surface area is 125 Å². The van der Waals surface area contributed by atoms with Gasteiger partial charge >= 0.3 is 0 Å². The number of rotatable bonds is 4. The van der Waals surface area contributed by atoms with E-state index in [-0.39, 0.29) is 0 Å². The minimum Gasteiger partial charge on any atom is -0.337 e. The molecule has 0 radical (unpaired) electrons. The molecule has 108 valence electrons. The van der Waals surface area contributed by atoms with Gasteiger partial charge in [0, 0.05) is 5.69 Å². The molecule has 0 atom stereocenters. The lowest BCUT2D eigenvalue weighted by Crippen LogP contribution is -2.08. The molecule has 1 aromatic carbocycles. The number of benzene rings is 1. The van der Waals surface area contributed by atoms with Gasteiger partial charge in [-0.15, -0.1) is 5.10 Å². The SMILES string of the molecule is CCc1nnc(Nc2c(C)cccc2C)c(C#N)c1CC. The van der Waals surface area contributed by atoms with Crippen LogP contribution in [0.15, 0.2) is 18.2 Å². The first kappa shape index (κ1) is 15.0. The standard InChI is InChI=1S/C17H20N4/c1-5-13-14(10-18)17(21-20-15(13)6-2)19-16-11(3)8-7-9-12(16)4/h7-9H,5-6H2,1-4H3,(H,19,21). The van der Waals surface area contributed by atoms with Crippen LogP contribution in [0.3, 0.4) is 0 Å². The van der Waals surface area contributed by atoms with Crippen molar-refractivity contribution >= 4 is 11.5 Å². The Kier molecular flexibility index (Phi) is 4.54. The van der Waals surface area contributed by atoms with Crippen LogP contribution in [0.5, 0.6) is 0 Å². The van der Waals surface area contributed by atoms with Crippen LogP contribution < -0.4 is 5.32 Å². The zero-order valence-electron chi connectivity index (χ0n) is 13.0. The third kappa shape index (κ3) is 2.87. The molecule has 4 nitrogen and oxygen atoms in total. The second kappa shape index (κ2) is 6.36. The maximum absolute atomic E-state index is 9.51. The van der Waals surface area contributed by atoms with Gasteiger partial charge in [-0.05, 0) is 43.4 Å². The Bertz CT molecular complexity index is 678. The van der Waals surface area contributed by atoms with E-state index in [4.69, 9.17) is 0 Å². The lowest BCUT2D eigenvalue weighted by molar-refractivity contribution is 0.877. The summed E-state index contributed by atoms with van der Waals surface area (Å²) in [6.45, 7) is 8.15. The van der Waals surface area contributed by atoms with Gasteiger partial charge < -0.3 is 5.32 Å². The van der Waals surface area contributed by atoms with Gasteiger partial charge in [-0.25, -0.2) is 0 Å². The van der Waals surface area contributed by atoms with Crippen LogP contribution >= 0.6 is 0 Å². The molecule has 0 aliphatic rings. The van der Waals surface area contributed by atoms with E-state index >= 15 is 0 Å². The first-order valence-electron chi connectivity index (χ1n) is 7.24. The van der Waals surface area contributed by atoms with Gasteiger partial charge in [0.1, 0.15) is 11.6 Å².